The largest absolute Gasteiger partial charge is 0.507 e. The number of carbonyl (C=O) groups is 2. The first-order valence-electron chi connectivity index (χ1n) is 12.6. The molecule has 2 atom stereocenters. The number of aromatic hydroxyl groups is 1. The average Bonchev–Trinajstić information content (AvgIpc) is 3.06. The molecule has 39 heavy (non-hydrogen) atoms. The third-order valence-corrected chi connectivity index (χ3v) is 8.19. The number of ether oxygens (including phenoxy) is 2. The first kappa shape index (κ1) is 26.6. The number of anilines is 1. The number of benzene rings is 4. The maximum Gasteiger partial charge on any atom is 0.342 e. The SMILES string of the molecule is COc1ccc(C2Sc3c(ccc4ccccc34)N(CCN(C)C)C(=O)C2OC(=O)c2ccccc2O)cc1. The summed E-state index contributed by atoms with van der Waals surface area (Å²) in [5, 5.41) is 11.8. The molecule has 0 aliphatic carbocycles. The van der Waals surface area contributed by atoms with Crippen molar-refractivity contribution in [2.24, 2.45) is 0 Å². The van der Waals surface area contributed by atoms with Crippen LogP contribution < -0.4 is 9.64 Å². The van der Waals surface area contributed by atoms with Gasteiger partial charge in [0, 0.05) is 18.0 Å². The topological polar surface area (TPSA) is 79.3 Å². The van der Waals surface area contributed by atoms with Crippen molar-refractivity contribution in [3.63, 3.8) is 0 Å². The molecule has 0 aromatic heterocycles. The van der Waals surface area contributed by atoms with Crippen LogP contribution in [0.4, 0.5) is 5.69 Å². The van der Waals surface area contributed by atoms with Crippen LogP contribution in [-0.2, 0) is 9.53 Å². The Morgan fingerprint density at radius 3 is 2.41 bits per heavy atom. The van der Waals surface area contributed by atoms with E-state index in [0.717, 1.165) is 26.9 Å². The maximum atomic E-state index is 14.3. The summed E-state index contributed by atoms with van der Waals surface area (Å²) in [5.74, 6) is -0.585. The van der Waals surface area contributed by atoms with Crippen LogP contribution in [0.15, 0.2) is 89.8 Å². The summed E-state index contributed by atoms with van der Waals surface area (Å²) in [5.41, 5.74) is 1.61. The number of carbonyl (C=O) groups excluding carboxylic acids is 2. The molecule has 1 amide bonds. The first-order chi connectivity index (χ1) is 18.9. The van der Waals surface area contributed by atoms with Gasteiger partial charge < -0.3 is 24.4 Å². The summed E-state index contributed by atoms with van der Waals surface area (Å²) < 4.78 is 11.3. The number of rotatable bonds is 7. The molecule has 5 rings (SSSR count). The number of para-hydroxylation sites is 1. The van der Waals surface area contributed by atoms with Crippen molar-refractivity contribution in [3.8, 4) is 11.5 Å². The molecule has 1 aliphatic rings. The highest BCUT2D eigenvalue weighted by Gasteiger charge is 2.42. The minimum absolute atomic E-state index is 0.0100. The van der Waals surface area contributed by atoms with Gasteiger partial charge in [-0.3, -0.25) is 4.79 Å². The van der Waals surface area contributed by atoms with Crippen molar-refractivity contribution >= 4 is 40.1 Å². The molecule has 1 heterocycles. The fourth-order valence-corrected chi connectivity index (χ4v) is 6.12. The zero-order valence-corrected chi connectivity index (χ0v) is 22.9. The molecular weight excluding hydrogens is 512 g/mol. The van der Waals surface area contributed by atoms with E-state index in [2.05, 4.69) is 6.07 Å². The minimum Gasteiger partial charge on any atom is -0.507 e. The van der Waals surface area contributed by atoms with Crippen molar-refractivity contribution in [3.05, 3.63) is 96.1 Å². The molecule has 200 valence electrons. The lowest BCUT2D eigenvalue weighted by atomic mass is 10.0. The predicted octanol–water partition coefficient (Wildman–Crippen LogP) is 5.52. The van der Waals surface area contributed by atoms with Gasteiger partial charge in [0.2, 0.25) is 0 Å². The Labute approximate surface area is 231 Å². The predicted molar refractivity (Wildman–Crippen MR) is 154 cm³/mol. The fourth-order valence-electron chi connectivity index (χ4n) is 4.66. The summed E-state index contributed by atoms with van der Waals surface area (Å²) in [6.07, 6.45) is -1.15. The maximum absolute atomic E-state index is 14.3. The third kappa shape index (κ3) is 5.44. The van der Waals surface area contributed by atoms with E-state index in [-0.39, 0.29) is 17.2 Å². The zero-order chi connectivity index (χ0) is 27.5. The van der Waals surface area contributed by atoms with Crippen LogP contribution in [0.25, 0.3) is 10.8 Å². The third-order valence-electron chi connectivity index (χ3n) is 6.75. The highest BCUT2D eigenvalue weighted by Crippen LogP contribution is 2.49. The number of nitrogens with zero attached hydrogens (tertiary/aromatic N) is 2. The number of thioether (sulfide) groups is 1. The van der Waals surface area contributed by atoms with Crippen LogP contribution in [0.1, 0.15) is 21.2 Å². The van der Waals surface area contributed by atoms with Gasteiger partial charge in [-0.25, -0.2) is 4.79 Å². The second-order valence-corrected chi connectivity index (χ2v) is 10.7. The monoisotopic (exact) mass is 542 g/mol. The van der Waals surface area contributed by atoms with Gasteiger partial charge in [0.15, 0.2) is 6.10 Å². The number of esters is 1. The lowest BCUT2D eigenvalue weighted by Crippen LogP contribution is -2.45. The van der Waals surface area contributed by atoms with Gasteiger partial charge in [-0.05, 0) is 60.8 Å². The second-order valence-electron chi connectivity index (χ2n) is 9.58. The molecule has 7 nitrogen and oxygen atoms in total. The number of hydrogen-bond donors (Lipinski definition) is 1. The highest BCUT2D eigenvalue weighted by molar-refractivity contribution is 8.00. The van der Waals surface area contributed by atoms with Gasteiger partial charge in [-0.15, -0.1) is 11.8 Å². The second kappa shape index (κ2) is 11.4. The van der Waals surface area contributed by atoms with E-state index in [1.807, 2.05) is 73.6 Å². The molecular formula is C31H30N2O5S. The summed E-state index contributed by atoms with van der Waals surface area (Å²) >= 11 is 1.51. The number of likely N-dealkylation sites (N-methyl/N-ethyl adjacent to an activating group) is 1. The van der Waals surface area contributed by atoms with Crippen molar-refractivity contribution in [1.82, 2.24) is 4.90 Å². The molecule has 0 bridgehead atoms. The van der Waals surface area contributed by atoms with Crippen LogP contribution >= 0.6 is 11.8 Å². The van der Waals surface area contributed by atoms with Gasteiger partial charge in [0.25, 0.3) is 5.91 Å². The van der Waals surface area contributed by atoms with E-state index in [9.17, 15) is 14.7 Å². The van der Waals surface area contributed by atoms with Crippen LogP contribution in [0.2, 0.25) is 0 Å². The minimum atomic E-state index is -1.15. The normalized spacial score (nSPS) is 17.1. The standard InChI is InChI=1S/C31H30N2O5S/c1-32(2)18-19-33-25-17-14-20-8-4-5-9-23(20)29(25)39-28(21-12-15-22(37-3)16-13-21)27(30(33)35)38-31(36)24-10-6-7-11-26(24)34/h4-17,27-28,34H,18-19H2,1-3H3. The molecule has 4 aromatic rings. The zero-order valence-electron chi connectivity index (χ0n) is 22.0. The molecule has 4 aromatic carbocycles. The average molecular weight is 543 g/mol. The van der Waals surface area contributed by atoms with E-state index in [1.54, 1.807) is 24.1 Å². The summed E-state index contributed by atoms with van der Waals surface area (Å²) in [7, 11) is 5.50. The number of amides is 1. The van der Waals surface area contributed by atoms with Crippen molar-refractivity contribution < 1.29 is 24.2 Å². The first-order valence-corrected chi connectivity index (χ1v) is 13.5. The van der Waals surface area contributed by atoms with Crippen LogP contribution in [0.3, 0.4) is 0 Å². The van der Waals surface area contributed by atoms with Gasteiger partial charge in [0.05, 0.1) is 18.0 Å². The Bertz CT molecular complexity index is 1500. The smallest absolute Gasteiger partial charge is 0.342 e. The molecule has 8 heteroatoms. The molecule has 0 saturated carbocycles. The van der Waals surface area contributed by atoms with Gasteiger partial charge in [-0.2, -0.15) is 0 Å². The quantitative estimate of drug-likeness (QED) is 0.308. The number of hydrogen-bond acceptors (Lipinski definition) is 7. The summed E-state index contributed by atoms with van der Waals surface area (Å²) in [6.45, 7) is 1.04. The van der Waals surface area contributed by atoms with E-state index >= 15 is 0 Å². The van der Waals surface area contributed by atoms with E-state index < -0.39 is 17.3 Å². The van der Waals surface area contributed by atoms with Crippen LogP contribution in [0.5, 0.6) is 11.5 Å². The molecule has 0 fully saturated rings. The van der Waals surface area contributed by atoms with Crippen molar-refractivity contribution in [1.29, 1.82) is 0 Å². The van der Waals surface area contributed by atoms with E-state index in [1.165, 1.54) is 23.9 Å². The van der Waals surface area contributed by atoms with Crippen LogP contribution in [0, 0.1) is 0 Å². The molecule has 0 spiro atoms. The van der Waals surface area contributed by atoms with Gasteiger partial charge in [-0.1, -0.05) is 54.6 Å². The van der Waals surface area contributed by atoms with E-state index in [4.69, 9.17) is 9.47 Å². The Kier molecular flexibility index (Phi) is 7.77. The Hall–Kier alpha value is -4.01. The molecule has 0 saturated heterocycles. The highest BCUT2D eigenvalue weighted by atomic mass is 32.2. The number of phenolic OH excluding ortho intramolecular Hbond substituents is 1. The Morgan fingerprint density at radius 1 is 0.974 bits per heavy atom. The van der Waals surface area contributed by atoms with Gasteiger partial charge in [0.1, 0.15) is 17.1 Å². The summed E-state index contributed by atoms with van der Waals surface area (Å²) in [4.78, 5) is 32.4. The molecule has 2 unspecified atom stereocenters. The lowest BCUT2D eigenvalue weighted by molar-refractivity contribution is -0.127. The number of methoxy groups -OCH3 is 1. The van der Waals surface area contributed by atoms with Crippen molar-refractivity contribution in [2.45, 2.75) is 16.2 Å². The Balaban J connectivity index is 1.66. The van der Waals surface area contributed by atoms with E-state index in [0.29, 0.717) is 18.8 Å². The molecule has 1 N–H and O–H groups in total. The number of phenols is 1. The van der Waals surface area contributed by atoms with Gasteiger partial charge >= 0.3 is 5.97 Å². The van der Waals surface area contributed by atoms with Crippen LogP contribution in [-0.4, -0.2) is 62.3 Å². The number of fused-ring (bicyclic) bond motifs is 3. The fraction of sp³-hybridized carbons (Fsp3) is 0.226. The Morgan fingerprint density at radius 2 is 1.69 bits per heavy atom. The lowest BCUT2D eigenvalue weighted by Gasteiger charge is -2.29. The molecule has 1 aliphatic heterocycles. The molecule has 0 radical (unpaired) electrons. The summed E-state index contributed by atoms with van der Waals surface area (Å²) in [6, 6.07) is 25.7. The van der Waals surface area contributed by atoms with Crippen molar-refractivity contribution in [2.75, 3.05) is 39.2 Å².